The first-order valence-electron chi connectivity index (χ1n) is 6.11. The lowest BCUT2D eigenvalue weighted by atomic mass is 10.1. The predicted octanol–water partition coefficient (Wildman–Crippen LogP) is 0.990. The van der Waals surface area contributed by atoms with Crippen LogP contribution in [0.15, 0.2) is 18.2 Å². The van der Waals surface area contributed by atoms with Gasteiger partial charge in [0, 0.05) is 25.2 Å². The molecule has 100 valence electrons. The Bertz CT molecular complexity index is 414. The van der Waals surface area contributed by atoms with Crippen molar-refractivity contribution in [3.8, 4) is 0 Å². The number of hydrogen-bond acceptors (Lipinski definition) is 4. The van der Waals surface area contributed by atoms with Crippen LogP contribution in [0.2, 0.25) is 0 Å². The van der Waals surface area contributed by atoms with Gasteiger partial charge in [0.15, 0.2) is 5.82 Å². The molecule has 2 rings (SSSR count). The maximum atomic E-state index is 13.8. The molecule has 0 aliphatic carbocycles. The molecule has 1 heterocycles. The van der Waals surface area contributed by atoms with E-state index < -0.39 is 0 Å². The number of halogens is 1. The van der Waals surface area contributed by atoms with Crippen LogP contribution in [0.5, 0.6) is 0 Å². The molecule has 3 N–H and O–H groups in total. The van der Waals surface area contributed by atoms with Gasteiger partial charge >= 0.3 is 0 Å². The molecule has 0 bridgehead atoms. The number of nitrogens with two attached hydrogens (primary N) is 1. The number of morpholine rings is 1. The van der Waals surface area contributed by atoms with Crippen molar-refractivity contribution in [2.75, 3.05) is 25.4 Å². The van der Waals surface area contributed by atoms with Gasteiger partial charge in [0.25, 0.3) is 0 Å². The number of nitrogens with zero attached hydrogens (tertiary/aromatic N) is 1. The standard InChI is InChI=1S/C13H19FN2O2/c1-9-5-16(7-11(8-17)18-9)6-10-3-2-4-12(15)13(10)14/h2-4,9,11,17H,5-8,15H2,1H3. The summed E-state index contributed by atoms with van der Waals surface area (Å²) in [5.74, 6) is -0.350. The molecule has 18 heavy (non-hydrogen) atoms. The molecule has 1 fully saturated rings. The number of anilines is 1. The predicted molar refractivity (Wildman–Crippen MR) is 67.5 cm³/mol. The molecule has 1 aromatic rings. The van der Waals surface area contributed by atoms with Crippen LogP contribution in [0.3, 0.4) is 0 Å². The fourth-order valence-corrected chi connectivity index (χ4v) is 2.33. The fraction of sp³-hybridized carbons (Fsp3) is 0.538. The lowest BCUT2D eigenvalue weighted by molar-refractivity contribution is -0.0974. The Balaban J connectivity index is 2.06. The topological polar surface area (TPSA) is 58.7 Å². The smallest absolute Gasteiger partial charge is 0.150 e. The summed E-state index contributed by atoms with van der Waals surface area (Å²) < 4.78 is 19.3. The van der Waals surface area contributed by atoms with Gasteiger partial charge in [-0.2, -0.15) is 0 Å². The highest BCUT2D eigenvalue weighted by molar-refractivity contribution is 5.42. The van der Waals surface area contributed by atoms with E-state index in [1.807, 2.05) is 6.92 Å². The molecule has 0 aromatic heterocycles. The third-order valence-electron chi connectivity index (χ3n) is 3.11. The SMILES string of the molecule is CC1CN(Cc2cccc(N)c2F)CC(CO)O1. The van der Waals surface area contributed by atoms with Crippen LogP contribution in [-0.4, -0.2) is 41.9 Å². The molecule has 0 radical (unpaired) electrons. The number of rotatable bonds is 3. The number of aliphatic hydroxyl groups excluding tert-OH is 1. The largest absolute Gasteiger partial charge is 0.396 e. The first-order valence-corrected chi connectivity index (χ1v) is 6.11. The molecule has 1 aromatic carbocycles. The van der Waals surface area contributed by atoms with E-state index in [1.165, 1.54) is 0 Å². The van der Waals surface area contributed by atoms with Crippen LogP contribution in [0.1, 0.15) is 12.5 Å². The van der Waals surface area contributed by atoms with Gasteiger partial charge < -0.3 is 15.6 Å². The Kier molecular flexibility index (Phi) is 4.16. The highest BCUT2D eigenvalue weighted by Gasteiger charge is 2.25. The fourth-order valence-electron chi connectivity index (χ4n) is 2.33. The van der Waals surface area contributed by atoms with Crippen molar-refractivity contribution in [2.45, 2.75) is 25.7 Å². The van der Waals surface area contributed by atoms with Crippen molar-refractivity contribution in [3.05, 3.63) is 29.6 Å². The Morgan fingerprint density at radius 3 is 3.00 bits per heavy atom. The van der Waals surface area contributed by atoms with Crippen LogP contribution < -0.4 is 5.73 Å². The van der Waals surface area contributed by atoms with Crippen molar-refractivity contribution in [1.29, 1.82) is 0 Å². The lowest BCUT2D eigenvalue weighted by Gasteiger charge is -2.36. The molecule has 0 amide bonds. The first-order chi connectivity index (χ1) is 8.60. The summed E-state index contributed by atoms with van der Waals surface area (Å²) in [6, 6.07) is 5.04. The molecule has 5 heteroatoms. The minimum atomic E-state index is -0.350. The van der Waals surface area contributed by atoms with Gasteiger partial charge in [0.2, 0.25) is 0 Å². The second kappa shape index (κ2) is 5.65. The molecule has 0 saturated carbocycles. The summed E-state index contributed by atoms with van der Waals surface area (Å²) in [5.41, 5.74) is 6.31. The van der Waals surface area contributed by atoms with Gasteiger partial charge in [-0.1, -0.05) is 12.1 Å². The highest BCUT2D eigenvalue weighted by Crippen LogP contribution is 2.19. The summed E-state index contributed by atoms with van der Waals surface area (Å²) in [7, 11) is 0. The van der Waals surface area contributed by atoms with E-state index in [-0.39, 0.29) is 30.3 Å². The first kappa shape index (κ1) is 13.3. The summed E-state index contributed by atoms with van der Waals surface area (Å²) in [4.78, 5) is 2.08. The molecule has 1 aliphatic heterocycles. The maximum Gasteiger partial charge on any atom is 0.150 e. The molecule has 2 unspecified atom stereocenters. The number of hydrogen-bond donors (Lipinski definition) is 2. The van der Waals surface area contributed by atoms with Gasteiger partial charge in [-0.3, -0.25) is 4.90 Å². The minimum absolute atomic E-state index is 0.0136. The van der Waals surface area contributed by atoms with Crippen molar-refractivity contribution < 1.29 is 14.2 Å². The monoisotopic (exact) mass is 254 g/mol. The minimum Gasteiger partial charge on any atom is -0.396 e. The summed E-state index contributed by atoms with van der Waals surface area (Å²) in [5, 5.41) is 9.15. The van der Waals surface area contributed by atoms with Crippen LogP contribution >= 0.6 is 0 Å². The summed E-state index contributed by atoms with van der Waals surface area (Å²) >= 11 is 0. The van der Waals surface area contributed by atoms with Crippen molar-refractivity contribution in [3.63, 3.8) is 0 Å². The number of nitrogen functional groups attached to an aromatic ring is 1. The molecule has 1 saturated heterocycles. The number of ether oxygens (including phenoxy) is 1. The van der Waals surface area contributed by atoms with Crippen molar-refractivity contribution in [2.24, 2.45) is 0 Å². The molecular weight excluding hydrogens is 235 g/mol. The average molecular weight is 254 g/mol. The average Bonchev–Trinajstić information content (AvgIpc) is 2.34. The van der Waals surface area contributed by atoms with Crippen LogP contribution in [0, 0.1) is 5.82 Å². The van der Waals surface area contributed by atoms with Crippen LogP contribution in [0.4, 0.5) is 10.1 Å². The van der Waals surface area contributed by atoms with Gasteiger partial charge in [-0.25, -0.2) is 4.39 Å². The van der Waals surface area contributed by atoms with E-state index in [0.29, 0.717) is 18.7 Å². The van der Waals surface area contributed by atoms with Crippen LogP contribution in [-0.2, 0) is 11.3 Å². The Morgan fingerprint density at radius 1 is 1.50 bits per heavy atom. The highest BCUT2D eigenvalue weighted by atomic mass is 19.1. The third-order valence-corrected chi connectivity index (χ3v) is 3.11. The van der Waals surface area contributed by atoms with Gasteiger partial charge in [-0.05, 0) is 13.0 Å². The zero-order valence-electron chi connectivity index (χ0n) is 10.5. The van der Waals surface area contributed by atoms with Gasteiger partial charge in [0.1, 0.15) is 0 Å². The van der Waals surface area contributed by atoms with E-state index in [9.17, 15) is 4.39 Å². The van der Waals surface area contributed by atoms with Gasteiger partial charge in [0.05, 0.1) is 24.5 Å². The van der Waals surface area contributed by atoms with E-state index in [2.05, 4.69) is 4.90 Å². The maximum absolute atomic E-state index is 13.8. The van der Waals surface area contributed by atoms with E-state index in [0.717, 1.165) is 6.54 Å². The zero-order valence-corrected chi connectivity index (χ0v) is 10.5. The Morgan fingerprint density at radius 2 is 2.28 bits per heavy atom. The number of aliphatic hydroxyl groups is 1. The molecule has 0 spiro atoms. The molecule has 2 atom stereocenters. The van der Waals surface area contributed by atoms with Crippen molar-refractivity contribution >= 4 is 5.69 Å². The van der Waals surface area contributed by atoms with Crippen molar-refractivity contribution in [1.82, 2.24) is 4.90 Å². The quantitative estimate of drug-likeness (QED) is 0.790. The normalized spacial score (nSPS) is 25.3. The summed E-state index contributed by atoms with van der Waals surface area (Å²) in [6.45, 7) is 3.76. The van der Waals surface area contributed by atoms with Gasteiger partial charge in [-0.15, -0.1) is 0 Å². The van der Waals surface area contributed by atoms with E-state index in [4.69, 9.17) is 15.6 Å². The molecule has 4 nitrogen and oxygen atoms in total. The Hall–Kier alpha value is -1.17. The number of benzene rings is 1. The Labute approximate surface area is 106 Å². The molecule has 1 aliphatic rings. The second-order valence-corrected chi connectivity index (χ2v) is 4.77. The second-order valence-electron chi connectivity index (χ2n) is 4.77. The molecular formula is C13H19FN2O2. The van der Waals surface area contributed by atoms with E-state index >= 15 is 0 Å². The van der Waals surface area contributed by atoms with E-state index in [1.54, 1.807) is 18.2 Å². The summed E-state index contributed by atoms with van der Waals surface area (Å²) in [6.07, 6.45) is -0.155. The van der Waals surface area contributed by atoms with Crippen LogP contribution in [0.25, 0.3) is 0 Å². The lowest BCUT2D eigenvalue weighted by Crippen LogP contribution is -2.47. The third kappa shape index (κ3) is 2.98. The zero-order chi connectivity index (χ0) is 13.1.